The van der Waals surface area contributed by atoms with E-state index >= 15 is 0 Å². The van der Waals surface area contributed by atoms with Crippen LogP contribution >= 0.6 is 0 Å². The van der Waals surface area contributed by atoms with E-state index in [2.05, 4.69) is 84.4 Å². The summed E-state index contributed by atoms with van der Waals surface area (Å²) < 4.78 is 43.8. The van der Waals surface area contributed by atoms with E-state index in [9.17, 15) is 150 Å². The fraction of sp³-hybridized carbons (Fsp3) is 0.564. The van der Waals surface area contributed by atoms with Crippen LogP contribution in [0.1, 0.15) is 91.2 Å². The molecule has 1 unspecified atom stereocenters. The largest absolute Gasteiger partial charge is 0.508 e. The predicted octanol–water partition coefficient (Wildman–Crippen LogP) is -11.0. The molecule has 26 N–H and O–H groups in total. The standard InChI is InChI=1S/C39H53N9O16S.C39H53N9O15S/c1-4-16(2)31-36(60)41-11-28(53)42-25-15-65(63,64)38-21(20-6-5-18(50)7-22(20)45-38)9-23(33(57)40-12-29(54)46-31)43-37(61)32(17(3)27(52)14-49)47-35(59)26-8-19(51)13-48(26)39(62)24(10-30(55)56)44-34(25)58;1-4-16(2)31-36(60)41-11-28(53)42-25-15-64(63)38-21(20-6-5-18(50)7-22(20)45-38)9-23(33(57)40-12-29(54)46-31)43-37(61)32(17(3)27(52)14-49)47-35(59)26-8-19(51)13-48(26)39(62)24(10-30(55)56)44-34(25)58/h5-7,16-17,19,23-27,31-32,45,49-52H,4,8-15H2,1-3H3,(H,40,57)(H,41,60)(H,42,53)(H,43,61)(H,44,58)(H,46,54)(H,47,59)(H,55,56);5-7,16-17,19,23-27,31-32,45,49-52H,4,8-15H2,1-3H3,(H,40,57)(H,41,60)(H,42,53)(H,43,61)(H,44,58)(H,46,54)(H,47,59)(H,55,56)/t16-,17-,19+,23-,24-,25-,26-,27-,31-,32-;16-,17-,19+,23-,24-,25-,26-,27-,31-,32-,64?/m00/s1. The van der Waals surface area contributed by atoms with Crippen molar-refractivity contribution < 1.29 is 150 Å². The Morgan fingerprint density at radius 3 is 1.26 bits per heavy atom. The average molecular weight is 1860 g/mol. The van der Waals surface area contributed by atoms with Gasteiger partial charge in [0.1, 0.15) is 94.1 Å². The molecule has 2 fully saturated rings. The average Bonchev–Trinajstić information content (AvgIpc) is 1.63. The van der Waals surface area contributed by atoms with Crippen LogP contribution in [0.25, 0.3) is 21.8 Å². The molecule has 4 bridgehead atoms. The van der Waals surface area contributed by atoms with Gasteiger partial charge in [0.25, 0.3) is 0 Å². The molecule has 706 valence electrons. The molecular formula is C78H106N18O31S2. The molecule has 129 heavy (non-hydrogen) atoms. The summed E-state index contributed by atoms with van der Waals surface area (Å²) in [4.78, 5) is 254. The Bertz CT molecular complexity index is 5160. The van der Waals surface area contributed by atoms with Crippen LogP contribution in [0, 0.1) is 23.7 Å². The van der Waals surface area contributed by atoms with E-state index in [1.165, 1.54) is 44.2 Å². The number of fused-ring (bicyclic) bond motifs is 10. The molecule has 2 aromatic carbocycles. The predicted molar refractivity (Wildman–Crippen MR) is 442 cm³/mol. The molecule has 0 saturated carbocycles. The highest BCUT2D eigenvalue weighted by Crippen LogP contribution is 2.34. The molecule has 6 aliphatic rings. The Labute approximate surface area is 736 Å². The van der Waals surface area contributed by atoms with E-state index in [0.29, 0.717) is 12.8 Å². The first-order valence-corrected chi connectivity index (χ1v) is 44.1. The van der Waals surface area contributed by atoms with Crippen LogP contribution in [-0.2, 0) is 120 Å². The highest BCUT2D eigenvalue weighted by atomic mass is 32.2. The van der Waals surface area contributed by atoms with E-state index in [1.54, 1.807) is 27.7 Å². The van der Waals surface area contributed by atoms with Crippen molar-refractivity contribution in [3.05, 3.63) is 47.5 Å². The lowest BCUT2D eigenvalue weighted by Gasteiger charge is -2.32. The Balaban J connectivity index is 0.000000291. The lowest BCUT2D eigenvalue weighted by molar-refractivity contribution is -0.146. The zero-order chi connectivity index (χ0) is 95.2. The number of nitrogens with one attached hydrogen (secondary N) is 16. The molecule has 21 atom stereocenters. The Hall–Kier alpha value is -12.6. The number of carboxylic acid groups (broad SMARTS) is 2. The SMILES string of the molecule is CC[C@H](C)[C@@H]1NC(=O)CNC(=O)[C@@H]2Cc3c([nH]c4cc(O)ccc34)S(=O)(=O)C[C@H](NC(=O)CNC1=O)C(=O)N[C@@H](CC(=O)O)C(=O)N1C[C@H](O)C[C@H]1C(=O)N[C@@H]([C@@H](C)[C@@H](O)CO)C(=O)N2.CC[C@H](C)[C@@H]1NC(=O)CNC(=O)[C@@H]2Cc3c([nH]c4cc(O)ccc34)S(=O)C[C@H](NC(=O)CNC1=O)C(=O)N[C@@H](CC(=O)O)C(=O)N1C[C@H](O)C[C@H]1C(=O)N[C@@H]([C@@H](C)[C@@H](O)CO)C(=O)N2. The van der Waals surface area contributed by atoms with Gasteiger partial charge in [-0.05, 0) is 47.2 Å². The number of aromatic hydroxyl groups is 2. The number of aliphatic carboxylic acids is 2. The molecule has 4 aromatic rings. The maximum absolute atomic E-state index is 14.6. The van der Waals surface area contributed by atoms with Crippen molar-refractivity contribution >= 4 is 149 Å². The van der Waals surface area contributed by atoms with Gasteiger partial charge in [-0.25, -0.2) is 8.42 Å². The van der Waals surface area contributed by atoms with Gasteiger partial charge in [-0.2, -0.15) is 0 Å². The number of phenols is 2. The Kier molecular flexibility index (Phi) is 33.8. The van der Waals surface area contributed by atoms with Crippen molar-refractivity contribution in [3.63, 3.8) is 0 Å². The van der Waals surface area contributed by atoms with Crippen LogP contribution in [0.3, 0.4) is 0 Å². The van der Waals surface area contributed by atoms with E-state index in [1.807, 2.05) is 0 Å². The number of carboxylic acids is 2. The summed E-state index contributed by atoms with van der Waals surface area (Å²) in [6.45, 7) is 2.94. The van der Waals surface area contributed by atoms with Crippen molar-refractivity contribution in [1.82, 2.24) is 94.2 Å². The maximum atomic E-state index is 14.6. The van der Waals surface area contributed by atoms with Crippen molar-refractivity contribution in [2.45, 2.75) is 200 Å². The monoisotopic (exact) mass is 1850 g/mol. The third-order valence-corrected chi connectivity index (χ3v) is 26.3. The van der Waals surface area contributed by atoms with Gasteiger partial charge in [0.2, 0.25) is 94.5 Å². The first-order valence-electron chi connectivity index (χ1n) is 41.1. The fourth-order valence-electron chi connectivity index (χ4n) is 15.5. The number of phenolic OH excluding ortho intramolecular Hbond substituents is 2. The summed E-state index contributed by atoms with van der Waals surface area (Å²) in [5, 5.41) is 135. The minimum absolute atomic E-state index is 0.0382. The number of hydrogen-bond acceptors (Lipinski definition) is 29. The van der Waals surface area contributed by atoms with Gasteiger partial charge in [0, 0.05) is 73.5 Å². The van der Waals surface area contributed by atoms with Crippen LogP contribution in [0.15, 0.2) is 46.5 Å². The normalized spacial score (nSPS) is 28.2. The van der Waals surface area contributed by atoms with Gasteiger partial charge in [-0.1, -0.05) is 54.4 Å². The molecule has 49 nitrogen and oxygen atoms in total. The molecule has 0 spiro atoms. The molecule has 2 saturated heterocycles. The second-order valence-electron chi connectivity index (χ2n) is 32.4. The smallest absolute Gasteiger partial charge is 0.305 e. The Morgan fingerprint density at radius 1 is 0.465 bits per heavy atom. The summed E-state index contributed by atoms with van der Waals surface area (Å²) in [6.07, 6.45) is -9.94. The molecule has 0 radical (unpaired) electrons. The molecule has 6 aliphatic heterocycles. The number of amides is 16. The molecule has 8 heterocycles. The lowest BCUT2D eigenvalue weighted by Crippen LogP contribution is -2.62. The van der Waals surface area contributed by atoms with Crippen molar-refractivity contribution in [1.29, 1.82) is 0 Å². The van der Waals surface area contributed by atoms with Gasteiger partial charge in [-0.15, -0.1) is 0 Å². The molecule has 10 rings (SSSR count). The van der Waals surface area contributed by atoms with Crippen molar-refractivity contribution in [2.24, 2.45) is 23.7 Å². The van der Waals surface area contributed by atoms with Crippen molar-refractivity contribution in [3.8, 4) is 11.5 Å². The van der Waals surface area contributed by atoms with Crippen LogP contribution in [0.4, 0.5) is 0 Å². The highest BCUT2D eigenvalue weighted by Gasteiger charge is 2.49. The van der Waals surface area contributed by atoms with Crippen LogP contribution in [0.5, 0.6) is 11.5 Å². The second-order valence-corrected chi connectivity index (χ2v) is 35.8. The maximum Gasteiger partial charge on any atom is 0.305 e. The number of hydrogen-bond donors (Lipinski definition) is 26. The highest BCUT2D eigenvalue weighted by molar-refractivity contribution is 7.91. The number of carbonyl (C=O) groups excluding carboxylic acids is 16. The number of H-pyrrole nitrogens is 2. The number of nitrogens with zero attached hydrogens (tertiary/aromatic N) is 2. The van der Waals surface area contributed by atoms with E-state index < -0.39 is 355 Å². The quantitative estimate of drug-likeness (QED) is 0.0557. The number of aliphatic hydroxyl groups excluding tert-OH is 6. The first-order chi connectivity index (χ1) is 60.8. The van der Waals surface area contributed by atoms with Crippen molar-refractivity contribution in [2.75, 3.05) is 64.0 Å². The number of aromatic nitrogens is 2. The van der Waals surface area contributed by atoms with Gasteiger partial charge in [-0.3, -0.25) is 90.5 Å². The van der Waals surface area contributed by atoms with Gasteiger partial charge < -0.3 is 145 Å². The van der Waals surface area contributed by atoms with Gasteiger partial charge >= 0.3 is 11.9 Å². The zero-order valence-electron chi connectivity index (χ0n) is 70.5. The van der Waals surface area contributed by atoms with Gasteiger partial charge in [0.05, 0.1) is 110 Å². The minimum atomic E-state index is -4.95. The molecular weight excluding hydrogens is 1750 g/mol. The number of sulfone groups is 1. The lowest BCUT2D eigenvalue weighted by atomic mass is 9.93. The third-order valence-electron chi connectivity index (χ3n) is 23.2. The molecule has 0 aliphatic carbocycles. The van der Waals surface area contributed by atoms with Gasteiger partial charge in [0.15, 0.2) is 9.84 Å². The number of aliphatic hydroxyl groups is 6. The first kappa shape index (κ1) is 100. The summed E-state index contributed by atoms with van der Waals surface area (Å²) in [5.74, 6) is -27.3. The summed E-state index contributed by atoms with van der Waals surface area (Å²) >= 11 is 0. The molecule has 51 heteroatoms. The number of rotatable bonds is 14. The third kappa shape index (κ3) is 24.9. The van der Waals surface area contributed by atoms with Crippen LogP contribution in [0.2, 0.25) is 0 Å². The van der Waals surface area contributed by atoms with Crippen LogP contribution in [-0.4, -0.2) is 351 Å². The number of benzene rings is 2. The van der Waals surface area contributed by atoms with E-state index in [0.717, 1.165) is 15.9 Å². The van der Waals surface area contributed by atoms with E-state index in [-0.39, 0.29) is 49.5 Å². The van der Waals surface area contributed by atoms with Crippen LogP contribution < -0.4 is 74.4 Å². The number of carbonyl (C=O) groups is 18. The second kappa shape index (κ2) is 43.5. The summed E-state index contributed by atoms with van der Waals surface area (Å²) in [6, 6.07) is -13.6. The summed E-state index contributed by atoms with van der Waals surface area (Å²) in [5.41, 5.74) is -0.0544. The zero-order valence-corrected chi connectivity index (χ0v) is 72.1. The molecule has 2 aromatic heterocycles. The topological polar surface area (TPSA) is 767 Å². The molecule has 16 amide bonds. The Morgan fingerprint density at radius 2 is 0.845 bits per heavy atom. The minimum Gasteiger partial charge on any atom is -0.508 e. The summed E-state index contributed by atoms with van der Waals surface area (Å²) in [7, 11) is -7.35. The fourth-order valence-corrected chi connectivity index (χ4v) is 18.6. The number of aromatic amines is 2. The van der Waals surface area contributed by atoms with E-state index in [4.69, 9.17) is 0 Å².